The zero-order chi connectivity index (χ0) is 18.2. The van der Waals surface area contributed by atoms with Crippen molar-refractivity contribution in [2.24, 2.45) is 0 Å². The number of carbonyl (C=O) groups excluding carboxylic acids is 1. The molecule has 1 saturated heterocycles. The fourth-order valence-electron chi connectivity index (χ4n) is 3.55. The normalized spacial score (nSPS) is 28.1. The number of fused-ring (bicyclic) bond motifs is 1. The lowest BCUT2D eigenvalue weighted by Crippen LogP contribution is -2.63. The van der Waals surface area contributed by atoms with Crippen molar-refractivity contribution >= 4 is 22.1 Å². The summed E-state index contributed by atoms with van der Waals surface area (Å²) >= 11 is 0. The zero-order valence-electron chi connectivity index (χ0n) is 14.1. The number of sulfonamides is 1. The number of rotatable bonds is 1. The Morgan fingerprint density at radius 2 is 2.08 bits per heavy atom. The van der Waals surface area contributed by atoms with Crippen molar-refractivity contribution in [3.8, 4) is 0 Å². The number of aromatic nitrogens is 2. The van der Waals surface area contributed by atoms with Gasteiger partial charge in [-0.3, -0.25) is 9.78 Å². The number of carbonyl (C=O) groups is 1. The second kappa shape index (κ2) is 6.42. The monoisotopic (exact) mass is 373 g/mol. The first-order valence-corrected chi connectivity index (χ1v) is 9.91. The number of likely N-dealkylation sites (tertiary alicyclic amines) is 1. The van der Waals surface area contributed by atoms with E-state index in [-0.39, 0.29) is 17.3 Å². The van der Waals surface area contributed by atoms with E-state index in [9.17, 15) is 13.6 Å². The molecule has 0 aliphatic carbocycles. The van der Waals surface area contributed by atoms with Gasteiger partial charge in [-0.1, -0.05) is 10.3 Å². The molecule has 4 rings (SSSR count). The van der Waals surface area contributed by atoms with E-state index in [4.69, 9.17) is 0 Å². The van der Waals surface area contributed by atoms with Crippen molar-refractivity contribution in [2.45, 2.75) is 23.3 Å². The first kappa shape index (κ1) is 17.1. The summed E-state index contributed by atoms with van der Waals surface area (Å²) in [4.78, 5) is 22.8. The highest BCUT2D eigenvalue weighted by atomic mass is 32.3. The molecule has 1 fully saturated rings. The van der Waals surface area contributed by atoms with Crippen LogP contribution in [0.1, 0.15) is 23.3 Å². The van der Waals surface area contributed by atoms with E-state index in [0.717, 1.165) is 0 Å². The van der Waals surface area contributed by atoms with Crippen molar-refractivity contribution in [2.75, 3.05) is 25.0 Å². The summed E-state index contributed by atoms with van der Waals surface area (Å²) in [5, 5.41) is 3.13. The molecule has 2 atom stereocenters. The van der Waals surface area contributed by atoms with Gasteiger partial charge in [-0.05, 0) is 31.0 Å². The predicted molar refractivity (Wildman–Crippen MR) is 95.1 cm³/mol. The number of nitrogens with zero attached hydrogens (tertiary/aromatic N) is 3. The Morgan fingerprint density at radius 3 is 2.88 bits per heavy atom. The van der Waals surface area contributed by atoms with Crippen LogP contribution in [-0.4, -0.2) is 50.5 Å². The lowest BCUT2D eigenvalue weighted by atomic mass is 9.89. The van der Waals surface area contributed by atoms with Gasteiger partial charge in [0.2, 0.25) is 4.90 Å². The molecule has 1 spiro atoms. The summed E-state index contributed by atoms with van der Waals surface area (Å²) in [5.74, 6) is 0.147. The Balaban J connectivity index is 1.61. The molecule has 2 aromatic rings. The second-order valence-corrected chi connectivity index (χ2v) is 8.29. The van der Waals surface area contributed by atoms with Gasteiger partial charge in [0.1, 0.15) is 5.69 Å². The smallest absolute Gasteiger partial charge is 0.272 e. The number of amides is 1. The molecule has 136 valence electrons. The number of hydrogen-bond donors (Lipinski definition) is 2. The molecular formula is C17H19N5O3S. The van der Waals surface area contributed by atoms with E-state index >= 15 is 0 Å². The van der Waals surface area contributed by atoms with Gasteiger partial charge in [0.25, 0.3) is 5.91 Å². The Labute approximate surface area is 152 Å². The summed E-state index contributed by atoms with van der Waals surface area (Å²) in [6, 6.07) is 8.30. The molecule has 2 unspecified atom stereocenters. The number of piperidine rings is 1. The van der Waals surface area contributed by atoms with Gasteiger partial charge in [0.05, 0.1) is 5.54 Å². The number of nitrogens with one attached hydrogen (secondary N) is 2. The van der Waals surface area contributed by atoms with Gasteiger partial charge in [-0.25, -0.2) is 4.98 Å². The maximum Gasteiger partial charge on any atom is 0.272 e. The van der Waals surface area contributed by atoms with Gasteiger partial charge >= 0.3 is 0 Å². The minimum Gasteiger partial charge on any atom is -0.593 e. The third kappa shape index (κ3) is 3.09. The summed E-state index contributed by atoms with van der Waals surface area (Å²) in [6.07, 6.45) is 4.47. The molecule has 2 aromatic heterocycles. The third-order valence-electron chi connectivity index (χ3n) is 4.75. The molecule has 2 aliphatic heterocycles. The van der Waals surface area contributed by atoms with Gasteiger partial charge in [0.15, 0.2) is 16.2 Å². The van der Waals surface area contributed by atoms with Crippen LogP contribution in [0.15, 0.2) is 47.6 Å². The minimum absolute atomic E-state index is 0.130. The number of pyridine rings is 2. The van der Waals surface area contributed by atoms with Crippen LogP contribution in [0.25, 0.3) is 0 Å². The average molecular weight is 373 g/mol. The molecule has 0 bridgehead atoms. The molecule has 0 radical (unpaired) electrons. The van der Waals surface area contributed by atoms with E-state index in [0.29, 0.717) is 37.4 Å². The van der Waals surface area contributed by atoms with Crippen LogP contribution in [0.5, 0.6) is 0 Å². The summed E-state index contributed by atoms with van der Waals surface area (Å²) in [6.45, 7) is 1.22. The van der Waals surface area contributed by atoms with E-state index in [1.54, 1.807) is 41.6 Å². The highest BCUT2D eigenvalue weighted by Gasteiger charge is 2.46. The molecule has 0 aromatic carbocycles. The van der Waals surface area contributed by atoms with E-state index in [1.807, 2.05) is 0 Å². The van der Waals surface area contributed by atoms with Crippen LogP contribution in [0.3, 0.4) is 0 Å². The average Bonchev–Trinajstić information content (AvgIpc) is 2.76. The van der Waals surface area contributed by atoms with Crippen LogP contribution in [-0.2, 0) is 14.6 Å². The fraction of sp³-hybridized carbons (Fsp3) is 0.353. The second-order valence-electron chi connectivity index (χ2n) is 6.63. The van der Waals surface area contributed by atoms with Gasteiger partial charge in [-0.15, -0.1) is 4.72 Å². The zero-order valence-corrected chi connectivity index (χ0v) is 14.9. The summed E-state index contributed by atoms with van der Waals surface area (Å²) in [7, 11) is -3.73. The molecule has 9 heteroatoms. The molecule has 8 nitrogen and oxygen atoms in total. The first-order valence-electron chi connectivity index (χ1n) is 8.42. The van der Waals surface area contributed by atoms with Crippen molar-refractivity contribution in [3.05, 3.63) is 48.4 Å². The molecule has 0 saturated carbocycles. The van der Waals surface area contributed by atoms with Crippen LogP contribution < -0.4 is 10.0 Å². The summed E-state index contributed by atoms with van der Waals surface area (Å²) < 4.78 is 28.4. The highest BCUT2D eigenvalue weighted by Crippen LogP contribution is 2.32. The van der Waals surface area contributed by atoms with Gasteiger partial charge in [0, 0.05) is 38.1 Å². The molecular weight excluding hydrogens is 354 g/mol. The SMILES string of the molecule is O=C(c1ccccn1)N1CCCC2(CNc3ncccc3[S+](=O)([O-])N2)C1. The molecule has 2 N–H and O–H groups in total. The maximum absolute atomic E-state index is 12.8. The van der Waals surface area contributed by atoms with Crippen LogP contribution in [0.4, 0.5) is 5.82 Å². The number of anilines is 1. The quantitative estimate of drug-likeness (QED) is 0.724. The Hall–Kier alpha value is -2.36. The largest absolute Gasteiger partial charge is 0.593 e. The minimum atomic E-state index is -3.73. The highest BCUT2D eigenvalue weighted by molar-refractivity contribution is 7.96. The standard InChI is InChI=1S/C17H19N5O3S/c23-16(13-5-1-2-8-18-13)22-10-4-7-17(12-22)11-20-15-14(6-3-9-19-15)26(24,25)21-17/h1-3,5-6,8-9H,4,7,10-12H2,(H2-,19,20,21,24,25). The molecule has 1 amide bonds. The van der Waals surface area contributed by atoms with Gasteiger partial charge in [-0.2, -0.15) is 0 Å². The third-order valence-corrected chi connectivity index (χ3v) is 6.36. The van der Waals surface area contributed by atoms with Crippen LogP contribution in [0, 0.1) is 0 Å². The maximum atomic E-state index is 12.8. The Kier molecular flexibility index (Phi) is 4.22. The van der Waals surface area contributed by atoms with E-state index < -0.39 is 15.9 Å². The fourth-order valence-corrected chi connectivity index (χ4v) is 5.11. The molecule has 4 heterocycles. The lowest BCUT2D eigenvalue weighted by molar-refractivity contribution is 0.0630. The van der Waals surface area contributed by atoms with Gasteiger partial charge < -0.3 is 14.8 Å². The van der Waals surface area contributed by atoms with Crippen molar-refractivity contribution in [1.29, 1.82) is 0 Å². The van der Waals surface area contributed by atoms with E-state index in [1.165, 1.54) is 6.07 Å². The summed E-state index contributed by atoms with van der Waals surface area (Å²) in [5.41, 5.74) is -0.415. The van der Waals surface area contributed by atoms with Crippen molar-refractivity contribution in [1.82, 2.24) is 19.6 Å². The van der Waals surface area contributed by atoms with Crippen LogP contribution in [0.2, 0.25) is 0 Å². The number of hydrogen-bond acceptors (Lipinski definition) is 6. The molecule has 26 heavy (non-hydrogen) atoms. The van der Waals surface area contributed by atoms with E-state index in [2.05, 4.69) is 20.0 Å². The molecule has 2 aliphatic rings. The van der Waals surface area contributed by atoms with Crippen molar-refractivity contribution in [3.63, 3.8) is 0 Å². The topological polar surface area (TPSA) is 110 Å². The van der Waals surface area contributed by atoms with Crippen LogP contribution >= 0.6 is 0 Å². The first-order chi connectivity index (χ1) is 12.5. The van der Waals surface area contributed by atoms with Crippen molar-refractivity contribution < 1.29 is 13.6 Å². The lowest BCUT2D eigenvalue weighted by Gasteiger charge is -2.41. The Bertz CT molecular complexity index is 878. The predicted octanol–water partition coefficient (Wildman–Crippen LogP) is 1.07. The Morgan fingerprint density at radius 1 is 1.23 bits per heavy atom.